The smallest absolute Gasteiger partial charge is 0.314 e. The van der Waals surface area contributed by atoms with Gasteiger partial charge in [0.1, 0.15) is 0 Å². The molecule has 0 unspecified atom stereocenters. The van der Waals surface area contributed by atoms with Crippen LogP contribution in [0.1, 0.15) is 24.0 Å². The largest absolute Gasteiger partial charge is 0.481 e. The van der Waals surface area contributed by atoms with Gasteiger partial charge in [-0.25, -0.2) is 0 Å². The third kappa shape index (κ3) is 1.33. The average Bonchev–Trinajstić information content (AvgIpc) is 2.91. The second kappa shape index (κ2) is 3.29. The zero-order valence-electron chi connectivity index (χ0n) is 9.25. The molecule has 0 amide bonds. The third-order valence-corrected chi connectivity index (χ3v) is 3.79. The predicted molar refractivity (Wildman–Crippen MR) is 60.9 cm³/mol. The number of carboxylic acids is 1. The zero-order chi connectivity index (χ0) is 12.2. The number of hydrogen-bond donors (Lipinski definition) is 1. The normalized spacial score (nSPS) is 19.2. The molecule has 0 saturated heterocycles. The standard InChI is InChI=1S/C12H11ClO4/c1-6-9(12(2-3-12)11(14)15)7(13)4-8-10(6)17-5-16-8/h4H,2-3,5H2,1H3,(H,14,15). The van der Waals surface area contributed by atoms with Crippen LogP contribution in [0.2, 0.25) is 5.02 Å². The van der Waals surface area contributed by atoms with Crippen LogP contribution >= 0.6 is 11.6 Å². The minimum Gasteiger partial charge on any atom is -0.481 e. The van der Waals surface area contributed by atoms with Crippen LogP contribution in [0.3, 0.4) is 0 Å². The topological polar surface area (TPSA) is 55.8 Å². The predicted octanol–water partition coefficient (Wildman–Crippen LogP) is 2.49. The molecule has 1 heterocycles. The molecule has 0 aromatic heterocycles. The van der Waals surface area contributed by atoms with E-state index < -0.39 is 11.4 Å². The van der Waals surface area contributed by atoms with Crippen LogP contribution in [0.15, 0.2) is 6.07 Å². The fourth-order valence-electron chi connectivity index (χ4n) is 2.45. The fraction of sp³-hybridized carbons (Fsp3) is 0.417. The van der Waals surface area contributed by atoms with E-state index in [-0.39, 0.29) is 6.79 Å². The van der Waals surface area contributed by atoms with Crippen molar-refractivity contribution in [3.8, 4) is 11.5 Å². The van der Waals surface area contributed by atoms with Crippen LogP contribution in [0.4, 0.5) is 0 Å². The molecule has 2 aliphatic rings. The molecule has 5 heteroatoms. The number of ether oxygens (including phenoxy) is 2. The van der Waals surface area contributed by atoms with Gasteiger partial charge < -0.3 is 14.6 Å². The Balaban J connectivity index is 2.21. The summed E-state index contributed by atoms with van der Waals surface area (Å²) >= 11 is 6.18. The minimum atomic E-state index is -0.818. The second-order valence-electron chi connectivity index (χ2n) is 4.48. The molecule has 0 atom stereocenters. The first-order valence-corrected chi connectivity index (χ1v) is 5.76. The van der Waals surface area contributed by atoms with Crippen molar-refractivity contribution in [2.75, 3.05) is 6.79 Å². The number of hydrogen-bond acceptors (Lipinski definition) is 3. The lowest BCUT2D eigenvalue weighted by Crippen LogP contribution is -2.21. The van der Waals surface area contributed by atoms with Crippen molar-refractivity contribution in [1.82, 2.24) is 0 Å². The molecule has 0 radical (unpaired) electrons. The highest BCUT2D eigenvalue weighted by Crippen LogP contribution is 2.55. The number of carbonyl (C=O) groups is 1. The molecular formula is C12H11ClO4. The fourth-order valence-corrected chi connectivity index (χ4v) is 2.87. The number of aliphatic carboxylic acids is 1. The molecule has 4 nitrogen and oxygen atoms in total. The lowest BCUT2D eigenvalue weighted by Gasteiger charge is -2.16. The van der Waals surface area contributed by atoms with E-state index in [1.54, 1.807) is 6.07 Å². The summed E-state index contributed by atoms with van der Waals surface area (Å²) < 4.78 is 10.6. The summed E-state index contributed by atoms with van der Waals surface area (Å²) in [7, 11) is 0. The molecule has 1 aliphatic carbocycles. The molecule has 1 N–H and O–H groups in total. The highest BCUT2D eigenvalue weighted by molar-refractivity contribution is 6.32. The average molecular weight is 255 g/mol. The van der Waals surface area contributed by atoms with E-state index in [0.717, 1.165) is 5.56 Å². The Morgan fingerprint density at radius 3 is 2.76 bits per heavy atom. The Labute approximate surface area is 103 Å². The molecule has 1 saturated carbocycles. The molecule has 1 aromatic carbocycles. The maximum absolute atomic E-state index is 11.4. The summed E-state index contributed by atoms with van der Waals surface area (Å²) in [5.41, 5.74) is 0.642. The monoisotopic (exact) mass is 254 g/mol. The van der Waals surface area contributed by atoms with E-state index in [2.05, 4.69) is 0 Å². The molecule has 0 bridgehead atoms. The van der Waals surface area contributed by atoms with E-state index in [1.807, 2.05) is 6.92 Å². The number of benzene rings is 1. The Morgan fingerprint density at radius 1 is 1.47 bits per heavy atom. The summed E-state index contributed by atoms with van der Waals surface area (Å²) in [5, 5.41) is 9.77. The van der Waals surface area contributed by atoms with Crippen molar-refractivity contribution >= 4 is 17.6 Å². The lowest BCUT2D eigenvalue weighted by molar-refractivity contribution is -0.140. The van der Waals surface area contributed by atoms with Crippen molar-refractivity contribution in [2.24, 2.45) is 0 Å². The van der Waals surface area contributed by atoms with Crippen LogP contribution in [0, 0.1) is 6.92 Å². The zero-order valence-corrected chi connectivity index (χ0v) is 10.0. The number of carboxylic acid groups (broad SMARTS) is 1. The molecule has 90 valence electrons. The number of rotatable bonds is 2. The van der Waals surface area contributed by atoms with Crippen LogP contribution in [0.5, 0.6) is 11.5 Å². The number of halogens is 1. The van der Waals surface area contributed by atoms with Gasteiger partial charge in [-0.2, -0.15) is 0 Å². The van der Waals surface area contributed by atoms with Crippen molar-refractivity contribution in [3.05, 3.63) is 22.2 Å². The van der Waals surface area contributed by atoms with E-state index >= 15 is 0 Å². The molecule has 1 aliphatic heterocycles. The Hall–Kier alpha value is -1.42. The van der Waals surface area contributed by atoms with Gasteiger partial charge in [-0.3, -0.25) is 4.79 Å². The first kappa shape index (κ1) is 10.7. The highest BCUT2D eigenvalue weighted by Gasteiger charge is 2.54. The summed E-state index contributed by atoms with van der Waals surface area (Å²) in [6.07, 6.45) is 1.26. The molecule has 1 fully saturated rings. The van der Waals surface area contributed by atoms with E-state index in [1.165, 1.54) is 0 Å². The van der Waals surface area contributed by atoms with Gasteiger partial charge in [0.25, 0.3) is 0 Å². The van der Waals surface area contributed by atoms with E-state index in [4.69, 9.17) is 21.1 Å². The van der Waals surface area contributed by atoms with Crippen molar-refractivity contribution in [3.63, 3.8) is 0 Å². The van der Waals surface area contributed by atoms with Gasteiger partial charge in [0.15, 0.2) is 11.5 Å². The van der Waals surface area contributed by atoms with Crippen LogP contribution in [-0.4, -0.2) is 17.9 Å². The van der Waals surface area contributed by atoms with Crippen molar-refractivity contribution < 1.29 is 19.4 Å². The SMILES string of the molecule is Cc1c2c(cc(Cl)c1C1(C(=O)O)CC1)OCO2. The summed E-state index contributed by atoms with van der Waals surface area (Å²) in [6.45, 7) is 1.99. The number of fused-ring (bicyclic) bond motifs is 1. The Bertz CT molecular complexity index is 520. The molecule has 1 aromatic rings. The first-order valence-electron chi connectivity index (χ1n) is 5.39. The van der Waals surface area contributed by atoms with Crippen molar-refractivity contribution in [2.45, 2.75) is 25.2 Å². The summed E-state index contributed by atoms with van der Waals surface area (Å²) in [4.78, 5) is 11.4. The second-order valence-corrected chi connectivity index (χ2v) is 4.89. The van der Waals surface area contributed by atoms with Gasteiger partial charge in [-0.1, -0.05) is 11.6 Å². The van der Waals surface area contributed by atoms with Crippen molar-refractivity contribution in [1.29, 1.82) is 0 Å². The first-order chi connectivity index (χ1) is 8.06. The van der Waals surface area contributed by atoms with Gasteiger partial charge in [-0.15, -0.1) is 0 Å². The highest BCUT2D eigenvalue weighted by atomic mass is 35.5. The van der Waals surface area contributed by atoms with Gasteiger partial charge in [0.2, 0.25) is 6.79 Å². The molecule has 3 rings (SSSR count). The Kier molecular flexibility index (Phi) is 2.08. The summed E-state index contributed by atoms with van der Waals surface area (Å²) in [5.74, 6) is 0.399. The van der Waals surface area contributed by atoms with E-state index in [0.29, 0.717) is 34.9 Å². The maximum Gasteiger partial charge on any atom is 0.314 e. The van der Waals surface area contributed by atoms with Gasteiger partial charge >= 0.3 is 5.97 Å². The maximum atomic E-state index is 11.4. The van der Waals surface area contributed by atoms with Gasteiger partial charge in [-0.05, 0) is 25.3 Å². The third-order valence-electron chi connectivity index (χ3n) is 3.49. The quantitative estimate of drug-likeness (QED) is 0.881. The Morgan fingerprint density at radius 2 is 2.18 bits per heavy atom. The molecule has 17 heavy (non-hydrogen) atoms. The molecular weight excluding hydrogens is 244 g/mol. The van der Waals surface area contributed by atoms with Gasteiger partial charge in [0.05, 0.1) is 5.41 Å². The minimum absolute atomic E-state index is 0.163. The van der Waals surface area contributed by atoms with Gasteiger partial charge in [0, 0.05) is 16.7 Å². The molecule has 0 spiro atoms. The van der Waals surface area contributed by atoms with Crippen LogP contribution < -0.4 is 9.47 Å². The lowest BCUT2D eigenvalue weighted by atomic mass is 9.91. The van der Waals surface area contributed by atoms with E-state index in [9.17, 15) is 9.90 Å². The summed E-state index contributed by atoms with van der Waals surface area (Å²) in [6, 6.07) is 1.65. The van der Waals surface area contributed by atoms with Crippen LogP contribution in [-0.2, 0) is 10.2 Å². The van der Waals surface area contributed by atoms with Crippen LogP contribution in [0.25, 0.3) is 0 Å².